The van der Waals surface area contributed by atoms with E-state index < -0.39 is 0 Å². The second-order valence-corrected chi connectivity index (χ2v) is 3.99. The van der Waals surface area contributed by atoms with Crippen LogP contribution in [0.25, 0.3) is 17.1 Å². The SMILES string of the molecule is COc1ccccc1-n1cc(-c2nc(C)no2)cn1. The first kappa shape index (κ1) is 11.5. The average Bonchev–Trinajstić information content (AvgIpc) is 3.07. The molecule has 0 spiro atoms. The zero-order valence-electron chi connectivity index (χ0n) is 10.6. The third-order valence-electron chi connectivity index (χ3n) is 2.69. The molecular weight excluding hydrogens is 244 g/mol. The quantitative estimate of drug-likeness (QED) is 0.719. The number of aryl methyl sites for hydroxylation is 1. The molecule has 0 fully saturated rings. The summed E-state index contributed by atoms with van der Waals surface area (Å²) >= 11 is 0. The highest BCUT2D eigenvalue weighted by Gasteiger charge is 2.11. The van der Waals surface area contributed by atoms with Crippen molar-refractivity contribution >= 4 is 0 Å². The summed E-state index contributed by atoms with van der Waals surface area (Å²) in [5.74, 6) is 1.80. The molecule has 1 aromatic carbocycles. The lowest BCUT2D eigenvalue weighted by Crippen LogP contribution is -1.97. The normalized spacial score (nSPS) is 10.6. The van der Waals surface area contributed by atoms with Crippen molar-refractivity contribution in [1.82, 2.24) is 19.9 Å². The summed E-state index contributed by atoms with van der Waals surface area (Å²) in [6, 6.07) is 7.65. The molecule has 0 radical (unpaired) electrons. The molecule has 3 aromatic rings. The van der Waals surface area contributed by atoms with Crippen molar-refractivity contribution in [1.29, 1.82) is 0 Å². The van der Waals surface area contributed by atoms with E-state index in [2.05, 4.69) is 15.2 Å². The minimum absolute atomic E-state index is 0.457. The topological polar surface area (TPSA) is 66.0 Å². The minimum Gasteiger partial charge on any atom is -0.494 e. The lowest BCUT2D eigenvalue weighted by molar-refractivity contribution is 0.411. The number of methoxy groups -OCH3 is 1. The van der Waals surface area contributed by atoms with Gasteiger partial charge >= 0.3 is 0 Å². The Morgan fingerprint density at radius 2 is 2.11 bits per heavy atom. The van der Waals surface area contributed by atoms with Crippen molar-refractivity contribution in [2.75, 3.05) is 7.11 Å². The molecule has 0 bridgehead atoms. The molecule has 0 aliphatic heterocycles. The second-order valence-electron chi connectivity index (χ2n) is 3.99. The predicted octanol–water partition coefficient (Wildman–Crippen LogP) is 2.24. The molecule has 0 saturated carbocycles. The maximum absolute atomic E-state index is 5.31. The number of rotatable bonds is 3. The Labute approximate surface area is 109 Å². The maximum atomic E-state index is 5.31. The Kier molecular flexibility index (Phi) is 2.75. The number of hydrogen-bond donors (Lipinski definition) is 0. The van der Waals surface area contributed by atoms with Crippen LogP contribution in [0.1, 0.15) is 5.82 Å². The zero-order valence-corrected chi connectivity index (χ0v) is 10.6. The molecule has 2 aromatic heterocycles. The van der Waals surface area contributed by atoms with Gasteiger partial charge in [0.2, 0.25) is 0 Å². The van der Waals surface area contributed by atoms with Crippen LogP contribution in [0.15, 0.2) is 41.2 Å². The molecule has 0 N–H and O–H groups in total. The summed E-state index contributed by atoms with van der Waals surface area (Å²) in [7, 11) is 1.63. The molecule has 2 heterocycles. The van der Waals surface area contributed by atoms with Crippen molar-refractivity contribution < 1.29 is 9.26 Å². The summed E-state index contributed by atoms with van der Waals surface area (Å²) < 4.78 is 12.1. The predicted molar refractivity (Wildman–Crippen MR) is 68.1 cm³/mol. The molecule has 3 rings (SSSR count). The summed E-state index contributed by atoms with van der Waals surface area (Å²) in [6.45, 7) is 1.78. The van der Waals surface area contributed by atoms with Crippen LogP contribution in [0.5, 0.6) is 5.75 Å². The monoisotopic (exact) mass is 256 g/mol. The molecule has 19 heavy (non-hydrogen) atoms. The van der Waals surface area contributed by atoms with E-state index in [0.717, 1.165) is 17.0 Å². The highest BCUT2D eigenvalue weighted by atomic mass is 16.5. The van der Waals surface area contributed by atoms with Gasteiger partial charge in [0, 0.05) is 6.20 Å². The largest absolute Gasteiger partial charge is 0.494 e. The molecule has 96 valence electrons. The first-order chi connectivity index (χ1) is 9.28. The summed E-state index contributed by atoms with van der Waals surface area (Å²) in [5, 5.41) is 8.05. The van der Waals surface area contributed by atoms with Crippen molar-refractivity contribution in [3.05, 3.63) is 42.5 Å². The van der Waals surface area contributed by atoms with Crippen molar-refractivity contribution in [3.8, 4) is 22.9 Å². The van der Waals surface area contributed by atoms with Crippen LogP contribution >= 0.6 is 0 Å². The van der Waals surface area contributed by atoms with Crippen LogP contribution in [-0.2, 0) is 0 Å². The van der Waals surface area contributed by atoms with Crippen molar-refractivity contribution in [2.45, 2.75) is 6.92 Å². The molecule has 0 aliphatic carbocycles. The Morgan fingerprint density at radius 1 is 1.26 bits per heavy atom. The van der Waals surface area contributed by atoms with Gasteiger partial charge in [-0.15, -0.1) is 0 Å². The minimum atomic E-state index is 0.457. The van der Waals surface area contributed by atoms with Gasteiger partial charge < -0.3 is 9.26 Å². The zero-order chi connectivity index (χ0) is 13.2. The second kappa shape index (κ2) is 4.56. The lowest BCUT2D eigenvalue weighted by atomic mass is 10.3. The lowest BCUT2D eigenvalue weighted by Gasteiger charge is -2.06. The van der Waals surface area contributed by atoms with Crippen molar-refractivity contribution in [3.63, 3.8) is 0 Å². The van der Waals surface area contributed by atoms with E-state index >= 15 is 0 Å². The Hall–Kier alpha value is -2.63. The van der Waals surface area contributed by atoms with Crippen LogP contribution < -0.4 is 4.74 Å². The Balaban J connectivity index is 2.01. The van der Waals surface area contributed by atoms with Gasteiger partial charge in [0.05, 0.1) is 18.9 Å². The number of aromatic nitrogens is 4. The maximum Gasteiger partial charge on any atom is 0.261 e. The first-order valence-electron chi connectivity index (χ1n) is 5.76. The van der Waals surface area contributed by atoms with Gasteiger partial charge in [-0.1, -0.05) is 17.3 Å². The van der Waals surface area contributed by atoms with E-state index in [1.165, 1.54) is 0 Å². The van der Waals surface area contributed by atoms with E-state index in [-0.39, 0.29) is 0 Å². The van der Waals surface area contributed by atoms with Crippen LogP contribution in [0.2, 0.25) is 0 Å². The summed E-state index contributed by atoms with van der Waals surface area (Å²) in [5.41, 5.74) is 1.62. The van der Waals surface area contributed by atoms with Gasteiger partial charge in [-0.05, 0) is 19.1 Å². The highest BCUT2D eigenvalue weighted by molar-refractivity contribution is 5.53. The van der Waals surface area contributed by atoms with Crippen molar-refractivity contribution in [2.24, 2.45) is 0 Å². The third kappa shape index (κ3) is 2.08. The van der Waals surface area contributed by atoms with Gasteiger partial charge in [-0.2, -0.15) is 10.1 Å². The van der Waals surface area contributed by atoms with Gasteiger partial charge in [-0.25, -0.2) is 4.68 Å². The fourth-order valence-electron chi connectivity index (χ4n) is 1.80. The fourth-order valence-corrected chi connectivity index (χ4v) is 1.80. The molecule has 6 nitrogen and oxygen atoms in total. The number of para-hydroxylation sites is 2. The fraction of sp³-hybridized carbons (Fsp3) is 0.154. The van der Waals surface area contributed by atoms with Gasteiger partial charge in [0.25, 0.3) is 5.89 Å². The van der Waals surface area contributed by atoms with E-state index in [4.69, 9.17) is 9.26 Å². The Morgan fingerprint density at radius 3 is 2.84 bits per heavy atom. The molecule has 0 amide bonds. The summed E-state index contributed by atoms with van der Waals surface area (Å²) in [6.07, 6.45) is 3.50. The van der Waals surface area contributed by atoms with Gasteiger partial charge in [-0.3, -0.25) is 0 Å². The highest BCUT2D eigenvalue weighted by Crippen LogP contribution is 2.24. The number of hydrogen-bond acceptors (Lipinski definition) is 5. The smallest absolute Gasteiger partial charge is 0.261 e. The van der Waals surface area contributed by atoms with Crippen LogP contribution in [0.3, 0.4) is 0 Å². The van der Waals surface area contributed by atoms with E-state index in [1.54, 1.807) is 24.9 Å². The molecule has 0 saturated heterocycles. The molecular formula is C13H12N4O2. The average molecular weight is 256 g/mol. The molecule has 0 aliphatic rings. The van der Waals surface area contributed by atoms with Crippen LogP contribution in [0.4, 0.5) is 0 Å². The van der Waals surface area contributed by atoms with Crippen LogP contribution in [-0.4, -0.2) is 27.0 Å². The first-order valence-corrected chi connectivity index (χ1v) is 5.76. The molecule has 0 unspecified atom stereocenters. The number of benzene rings is 1. The number of ether oxygens (including phenoxy) is 1. The molecule has 6 heteroatoms. The third-order valence-corrected chi connectivity index (χ3v) is 2.69. The van der Waals surface area contributed by atoms with Gasteiger partial charge in [0.1, 0.15) is 11.4 Å². The number of nitrogens with zero attached hydrogens (tertiary/aromatic N) is 4. The van der Waals surface area contributed by atoms with E-state index in [0.29, 0.717) is 11.7 Å². The van der Waals surface area contributed by atoms with Gasteiger partial charge in [0.15, 0.2) is 5.82 Å². The molecule has 0 atom stereocenters. The van der Waals surface area contributed by atoms with Crippen LogP contribution in [0, 0.1) is 6.92 Å². The van der Waals surface area contributed by atoms with E-state index in [9.17, 15) is 0 Å². The standard InChI is InChI=1S/C13H12N4O2/c1-9-15-13(19-16-9)10-7-14-17(8-10)11-5-3-4-6-12(11)18-2/h3-8H,1-2H3. The summed E-state index contributed by atoms with van der Waals surface area (Å²) in [4.78, 5) is 4.17. The van der Waals surface area contributed by atoms with E-state index in [1.807, 2.05) is 30.5 Å². The Bertz CT molecular complexity index is 702.